The van der Waals surface area contributed by atoms with Crippen LogP contribution in [0.1, 0.15) is 27.7 Å². The first kappa shape index (κ1) is 23.2. The standard InChI is InChI=1S/C23H31N3O4/c1-5-29-13-14-30-20-11-9-17(10-12-20)24-16-21(27)25-18-7-6-8-19(15-18)26-22(28)23(2,3)4/h6-12,15,24H,5,13-14,16H2,1-4H3,(H,25,27)(H,26,28). The van der Waals surface area contributed by atoms with Gasteiger partial charge < -0.3 is 25.4 Å². The van der Waals surface area contributed by atoms with Gasteiger partial charge in [-0.05, 0) is 49.4 Å². The van der Waals surface area contributed by atoms with Crippen LogP contribution in [0.3, 0.4) is 0 Å². The molecular weight excluding hydrogens is 382 g/mol. The highest BCUT2D eigenvalue weighted by atomic mass is 16.5. The third-order valence-corrected chi connectivity index (χ3v) is 4.09. The van der Waals surface area contributed by atoms with Crippen LogP contribution in [0.4, 0.5) is 17.1 Å². The zero-order valence-electron chi connectivity index (χ0n) is 18.1. The van der Waals surface area contributed by atoms with Crippen molar-refractivity contribution >= 4 is 28.9 Å². The fourth-order valence-corrected chi connectivity index (χ4v) is 2.41. The van der Waals surface area contributed by atoms with Gasteiger partial charge in [-0.2, -0.15) is 0 Å². The Labute approximate surface area is 178 Å². The van der Waals surface area contributed by atoms with Crippen LogP contribution in [0.5, 0.6) is 5.75 Å². The summed E-state index contributed by atoms with van der Waals surface area (Å²) in [7, 11) is 0. The fourth-order valence-electron chi connectivity index (χ4n) is 2.41. The normalized spacial score (nSPS) is 10.9. The van der Waals surface area contributed by atoms with Crippen LogP contribution >= 0.6 is 0 Å². The van der Waals surface area contributed by atoms with Crippen LogP contribution in [0, 0.1) is 5.41 Å². The van der Waals surface area contributed by atoms with Gasteiger partial charge in [0.05, 0.1) is 13.2 Å². The average molecular weight is 414 g/mol. The van der Waals surface area contributed by atoms with E-state index in [9.17, 15) is 9.59 Å². The molecule has 0 unspecified atom stereocenters. The molecule has 0 atom stereocenters. The minimum absolute atomic E-state index is 0.0852. The van der Waals surface area contributed by atoms with Gasteiger partial charge in [-0.25, -0.2) is 0 Å². The number of carbonyl (C=O) groups excluding carboxylic acids is 2. The van der Waals surface area contributed by atoms with Gasteiger partial charge in [0, 0.05) is 29.1 Å². The van der Waals surface area contributed by atoms with Crippen molar-refractivity contribution in [1.29, 1.82) is 0 Å². The van der Waals surface area contributed by atoms with Crippen LogP contribution in [0.2, 0.25) is 0 Å². The third kappa shape index (κ3) is 8.13. The number of ether oxygens (including phenoxy) is 2. The van der Waals surface area contributed by atoms with E-state index in [0.29, 0.717) is 31.2 Å². The molecule has 0 heterocycles. The Bertz CT molecular complexity index is 829. The molecule has 0 bridgehead atoms. The molecule has 3 N–H and O–H groups in total. The van der Waals surface area contributed by atoms with E-state index >= 15 is 0 Å². The summed E-state index contributed by atoms with van der Waals surface area (Å²) >= 11 is 0. The smallest absolute Gasteiger partial charge is 0.243 e. The molecule has 0 saturated carbocycles. The maximum Gasteiger partial charge on any atom is 0.243 e. The van der Waals surface area contributed by atoms with Gasteiger partial charge in [0.15, 0.2) is 0 Å². The minimum atomic E-state index is -0.493. The highest BCUT2D eigenvalue weighted by molar-refractivity contribution is 5.97. The number of benzene rings is 2. The molecule has 0 aliphatic carbocycles. The van der Waals surface area contributed by atoms with Gasteiger partial charge in [-0.15, -0.1) is 0 Å². The molecule has 7 heteroatoms. The van der Waals surface area contributed by atoms with Gasteiger partial charge in [0.25, 0.3) is 0 Å². The van der Waals surface area contributed by atoms with E-state index in [4.69, 9.17) is 9.47 Å². The molecule has 2 aromatic carbocycles. The van der Waals surface area contributed by atoms with Crippen molar-refractivity contribution in [3.63, 3.8) is 0 Å². The molecule has 0 aliphatic heterocycles. The number of rotatable bonds is 10. The molecule has 0 spiro atoms. The van der Waals surface area contributed by atoms with E-state index < -0.39 is 5.41 Å². The molecule has 2 amide bonds. The van der Waals surface area contributed by atoms with E-state index in [1.165, 1.54) is 0 Å². The van der Waals surface area contributed by atoms with E-state index in [0.717, 1.165) is 11.4 Å². The SMILES string of the molecule is CCOCCOc1ccc(NCC(=O)Nc2cccc(NC(=O)C(C)(C)C)c2)cc1. The summed E-state index contributed by atoms with van der Waals surface area (Å²) in [5.74, 6) is 0.475. The Hall–Kier alpha value is -3.06. The van der Waals surface area contributed by atoms with Crippen molar-refractivity contribution < 1.29 is 19.1 Å². The monoisotopic (exact) mass is 413 g/mol. The lowest BCUT2D eigenvalue weighted by Crippen LogP contribution is -2.27. The largest absolute Gasteiger partial charge is 0.491 e. The van der Waals surface area contributed by atoms with Gasteiger partial charge in [-0.1, -0.05) is 26.8 Å². The Morgan fingerprint density at radius 1 is 0.900 bits per heavy atom. The third-order valence-electron chi connectivity index (χ3n) is 4.09. The summed E-state index contributed by atoms with van der Waals surface area (Å²) in [5, 5.41) is 8.75. The maximum absolute atomic E-state index is 12.2. The maximum atomic E-state index is 12.2. The first-order valence-corrected chi connectivity index (χ1v) is 10.0. The summed E-state index contributed by atoms with van der Waals surface area (Å²) in [5.41, 5.74) is 1.58. The number of hydrogen-bond acceptors (Lipinski definition) is 5. The molecule has 0 fully saturated rings. The predicted octanol–water partition coefficient (Wildman–Crippen LogP) is 4.14. The second-order valence-electron chi connectivity index (χ2n) is 7.76. The first-order valence-electron chi connectivity index (χ1n) is 10.0. The van der Waals surface area contributed by atoms with E-state index in [1.807, 2.05) is 52.0 Å². The van der Waals surface area contributed by atoms with Crippen molar-refractivity contribution in [3.8, 4) is 5.75 Å². The van der Waals surface area contributed by atoms with E-state index in [2.05, 4.69) is 16.0 Å². The topological polar surface area (TPSA) is 88.7 Å². The van der Waals surface area contributed by atoms with Crippen LogP contribution in [0.25, 0.3) is 0 Å². The molecule has 0 saturated heterocycles. The van der Waals surface area contributed by atoms with Gasteiger partial charge in [0.1, 0.15) is 12.4 Å². The minimum Gasteiger partial charge on any atom is -0.491 e. The summed E-state index contributed by atoms with van der Waals surface area (Å²) in [6, 6.07) is 14.5. The molecular formula is C23H31N3O4. The summed E-state index contributed by atoms with van der Waals surface area (Å²) in [4.78, 5) is 24.4. The molecule has 30 heavy (non-hydrogen) atoms. The molecule has 2 rings (SSSR count). The molecule has 0 radical (unpaired) electrons. The second kappa shape index (κ2) is 11.2. The van der Waals surface area contributed by atoms with E-state index in [1.54, 1.807) is 24.3 Å². The quantitative estimate of drug-likeness (QED) is 0.510. The summed E-state index contributed by atoms with van der Waals surface area (Å²) in [6.07, 6.45) is 0. The molecule has 2 aromatic rings. The van der Waals surface area contributed by atoms with Crippen LogP contribution < -0.4 is 20.7 Å². The Morgan fingerprint density at radius 3 is 2.20 bits per heavy atom. The lowest BCUT2D eigenvalue weighted by atomic mass is 9.95. The van der Waals surface area contributed by atoms with Crippen molar-refractivity contribution in [3.05, 3.63) is 48.5 Å². The van der Waals surface area contributed by atoms with Gasteiger partial charge in [0.2, 0.25) is 11.8 Å². The van der Waals surface area contributed by atoms with Crippen LogP contribution in [-0.4, -0.2) is 38.2 Å². The highest BCUT2D eigenvalue weighted by Crippen LogP contribution is 2.20. The Kier molecular flexibility index (Phi) is 8.68. The second-order valence-corrected chi connectivity index (χ2v) is 7.76. The summed E-state index contributed by atoms with van der Waals surface area (Å²) in [6.45, 7) is 9.32. The van der Waals surface area contributed by atoms with Gasteiger partial charge in [-0.3, -0.25) is 9.59 Å². The zero-order chi connectivity index (χ0) is 22.0. The number of carbonyl (C=O) groups is 2. The number of anilines is 3. The molecule has 162 valence electrons. The highest BCUT2D eigenvalue weighted by Gasteiger charge is 2.21. The van der Waals surface area contributed by atoms with Crippen LogP contribution in [0.15, 0.2) is 48.5 Å². The lowest BCUT2D eigenvalue weighted by molar-refractivity contribution is -0.123. The fraction of sp³-hybridized carbons (Fsp3) is 0.391. The molecule has 0 aromatic heterocycles. The molecule has 7 nitrogen and oxygen atoms in total. The average Bonchev–Trinajstić information content (AvgIpc) is 2.70. The number of nitrogens with one attached hydrogen (secondary N) is 3. The van der Waals surface area contributed by atoms with Crippen molar-refractivity contribution in [1.82, 2.24) is 0 Å². The van der Waals surface area contributed by atoms with Crippen LogP contribution in [-0.2, 0) is 14.3 Å². The lowest BCUT2D eigenvalue weighted by Gasteiger charge is -2.18. The summed E-state index contributed by atoms with van der Waals surface area (Å²) < 4.78 is 10.8. The van der Waals surface area contributed by atoms with Crippen molar-refractivity contribution in [2.24, 2.45) is 5.41 Å². The Morgan fingerprint density at radius 2 is 1.57 bits per heavy atom. The van der Waals surface area contributed by atoms with Crippen molar-refractivity contribution in [2.75, 3.05) is 42.3 Å². The zero-order valence-corrected chi connectivity index (χ0v) is 18.1. The first-order chi connectivity index (χ1) is 14.3. The predicted molar refractivity (Wildman–Crippen MR) is 120 cm³/mol. The van der Waals surface area contributed by atoms with E-state index in [-0.39, 0.29) is 18.4 Å². The number of hydrogen-bond donors (Lipinski definition) is 3. The van der Waals surface area contributed by atoms with Gasteiger partial charge >= 0.3 is 0 Å². The number of amides is 2. The molecule has 0 aliphatic rings. The van der Waals surface area contributed by atoms with Crippen molar-refractivity contribution in [2.45, 2.75) is 27.7 Å². The Balaban J connectivity index is 1.80.